The molecule has 1 aromatic carbocycles. The van der Waals surface area contributed by atoms with Gasteiger partial charge in [0, 0.05) is 75.4 Å². The van der Waals surface area contributed by atoms with Gasteiger partial charge in [0.05, 0.1) is 33.0 Å². The second-order valence-corrected chi connectivity index (χ2v) is 11.8. The first-order chi connectivity index (χ1) is 22.4. The first kappa shape index (κ1) is 31.3. The molecule has 4 aromatic rings. The number of rotatable bonds is 5. The van der Waals surface area contributed by atoms with Crippen LogP contribution in [0.5, 0.6) is 17.2 Å². The molecule has 0 spiro atoms. The van der Waals surface area contributed by atoms with Crippen LogP contribution in [0.4, 0.5) is 5.82 Å². The molecule has 5 heterocycles. The van der Waals surface area contributed by atoms with Crippen molar-refractivity contribution in [3.05, 3.63) is 47.9 Å². The lowest BCUT2D eigenvalue weighted by Gasteiger charge is -2.35. The summed E-state index contributed by atoms with van der Waals surface area (Å²) in [6, 6.07) is 7.64. The van der Waals surface area contributed by atoms with E-state index in [0.717, 1.165) is 54.8 Å². The van der Waals surface area contributed by atoms with Gasteiger partial charge in [0.25, 0.3) is 5.91 Å². The predicted molar refractivity (Wildman–Crippen MR) is 174 cm³/mol. The van der Waals surface area contributed by atoms with Crippen molar-refractivity contribution in [3.63, 3.8) is 0 Å². The Morgan fingerprint density at radius 3 is 2.70 bits per heavy atom. The van der Waals surface area contributed by atoms with E-state index >= 15 is 0 Å². The fraction of sp³-hybridized carbons (Fsp3) is 0.485. The van der Waals surface area contributed by atoms with Crippen LogP contribution in [-0.2, 0) is 11.3 Å². The third-order valence-electron chi connectivity index (χ3n) is 9.01. The van der Waals surface area contributed by atoms with Gasteiger partial charge in [-0.25, -0.2) is 14.5 Å². The lowest BCUT2D eigenvalue weighted by atomic mass is 9.97. The first-order valence-corrected chi connectivity index (χ1v) is 15.9. The zero-order valence-corrected chi connectivity index (χ0v) is 27.0. The summed E-state index contributed by atoms with van der Waals surface area (Å²) in [4.78, 5) is 42.9. The van der Waals surface area contributed by atoms with E-state index in [1.54, 1.807) is 49.2 Å². The first-order valence-electron chi connectivity index (χ1n) is 15.9. The number of pyridine rings is 1. The molecule has 1 fully saturated rings. The molecule has 1 saturated heterocycles. The second-order valence-electron chi connectivity index (χ2n) is 11.8. The summed E-state index contributed by atoms with van der Waals surface area (Å²) in [6.07, 6.45) is 5.42. The maximum atomic E-state index is 13.9. The lowest BCUT2D eigenvalue weighted by Crippen LogP contribution is -2.42. The molecule has 2 amide bonds. The maximum Gasteiger partial charge on any atom is 0.274 e. The summed E-state index contributed by atoms with van der Waals surface area (Å²) in [5, 5.41) is 8.31. The quantitative estimate of drug-likeness (QED) is 0.352. The van der Waals surface area contributed by atoms with E-state index < -0.39 is 0 Å². The molecule has 13 heteroatoms. The highest BCUT2D eigenvalue weighted by Gasteiger charge is 2.28. The molecule has 2 bridgehead atoms. The van der Waals surface area contributed by atoms with Crippen molar-refractivity contribution >= 4 is 34.2 Å². The summed E-state index contributed by atoms with van der Waals surface area (Å²) in [5.41, 5.74) is 2.78. The Morgan fingerprint density at radius 2 is 1.91 bits per heavy atom. The van der Waals surface area contributed by atoms with Gasteiger partial charge in [0.15, 0.2) is 22.8 Å². The van der Waals surface area contributed by atoms with Crippen molar-refractivity contribution in [1.29, 1.82) is 0 Å². The van der Waals surface area contributed by atoms with Gasteiger partial charge < -0.3 is 29.3 Å². The number of nitrogens with one attached hydrogen (secondary N) is 1. The molecule has 0 saturated carbocycles. The Morgan fingerprint density at radius 1 is 1.07 bits per heavy atom. The predicted octanol–water partition coefficient (Wildman–Crippen LogP) is 3.00. The van der Waals surface area contributed by atoms with Crippen LogP contribution in [0.2, 0.25) is 0 Å². The summed E-state index contributed by atoms with van der Waals surface area (Å²) in [6.45, 7) is 7.03. The fourth-order valence-corrected chi connectivity index (χ4v) is 6.52. The van der Waals surface area contributed by atoms with E-state index in [9.17, 15) is 9.59 Å². The second kappa shape index (κ2) is 13.8. The molecule has 6 rings (SSSR count). The normalized spacial score (nSPS) is 18.4. The standard InChI is InChI=1S/C33H42N8O5/c1-5-38-14-15-39(33(43)26-19-34-28-9-6-11-36-41(26)28)13-10-29(42)35-18-22-8-7-12-40(20-22)32-23(21-38)16-24-25(37-32)17-27(44-2)31(46-4)30(24)45-3/h6,9,11,16-17,19,22H,5,7-8,10,12-15,18,20-21H2,1-4H3,(H,35,42). The van der Waals surface area contributed by atoms with Crippen molar-refractivity contribution in [3.8, 4) is 17.2 Å². The number of anilines is 1. The van der Waals surface area contributed by atoms with Crippen molar-refractivity contribution < 1.29 is 23.8 Å². The molecule has 1 atom stereocenters. The number of carbonyl (C=O) groups excluding carboxylic acids is 2. The summed E-state index contributed by atoms with van der Waals surface area (Å²) >= 11 is 0. The highest BCUT2D eigenvalue weighted by Crippen LogP contribution is 2.44. The molecule has 0 radical (unpaired) electrons. The van der Waals surface area contributed by atoms with E-state index in [-0.39, 0.29) is 24.2 Å². The van der Waals surface area contributed by atoms with E-state index in [0.29, 0.717) is 61.3 Å². The van der Waals surface area contributed by atoms with Gasteiger partial charge in [-0.3, -0.25) is 14.5 Å². The van der Waals surface area contributed by atoms with Crippen LogP contribution >= 0.6 is 0 Å². The smallest absolute Gasteiger partial charge is 0.274 e. The number of imidazole rings is 1. The number of nitrogens with zero attached hydrogens (tertiary/aromatic N) is 7. The Hall–Kier alpha value is -4.65. The minimum absolute atomic E-state index is 0.0638. The molecule has 46 heavy (non-hydrogen) atoms. The third kappa shape index (κ3) is 6.23. The summed E-state index contributed by atoms with van der Waals surface area (Å²) < 4.78 is 18.7. The molecule has 1 unspecified atom stereocenters. The van der Waals surface area contributed by atoms with Crippen LogP contribution in [0.25, 0.3) is 16.6 Å². The van der Waals surface area contributed by atoms with Crippen molar-refractivity contribution in [1.82, 2.24) is 34.7 Å². The van der Waals surface area contributed by atoms with Crippen molar-refractivity contribution in [2.45, 2.75) is 32.7 Å². The summed E-state index contributed by atoms with van der Waals surface area (Å²) in [7, 11) is 4.83. The van der Waals surface area contributed by atoms with Crippen LogP contribution < -0.4 is 24.4 Å². The number of methoxy groups -OCH3 is 3. The minimum Gasteiger partial charge on any atom is -0.493 e. The van der Waals surface area contributed by atoms with Crippen LogP contribution in [0.3, 0.4) is 0 Å². The SMILES string of the molecule is CCN1CCN(C(=O)c2cnc3cccnn23)CCC(=O)NCC2CCCN(C2)c2nc3cc(OC)c(OC)c(OC)c3cc2C1. The molecular weight excluding hydrogens is 588 g/mol. The van der Waals surface area contributed by atoms with Crippen LogP contribution in [-0.4, -0.2) is 108 Å². The molecule has 2 aliphatic heterocycles. The lowest BCUT2D eigenvalue weighted by molar-refractivity contribution is -0.121. The van der Waals surface area contributed by atoms with Gasteiger partial charge in [-0.05, 0) is 43.5 Å². The average molecular weight is 631 g/mol. The molecule has 244 valence electrons. The van der Waals surface area contributed by atoms with Crippen molar-refractivity contribution in [2.24, 2.45) is 5.92 Å². The Bertz CT molecular complexity index is 1730. The number of hydrogen-bond acceptors (Lipinski definition) is 10. The average Bonchev–Trinajstić information content (AvgIpc) is 3.52. The highest BCUT2D eigenvalue weighted by molar-refractivity contribution is 5.94. The van der Waals surface area contributed by atoms with Crippen molar-refractivity contribution in [2.75, 3.05) is 72.0 Å². The number of likely N-dealkylation sites (N-methyl/N-ethyl adjacent to an activating group) is 1. The number of ether oxygens (including phenoxy) is 3. The molecule has 3 aromatic heterocycles. The number of fused-ring (bicyclic) bond motifs is 6. The Balaban J connectivity index is 1.39. The van der Waals surface area contributed by atoms with Gasteiger partial charge >= 0.3 is 0 Å². The molecule has 0 aliphatic carbocycles. The highest BCUT2D eigenvalue weighted by atomic mass is 16.5. The number of benzene rings is 1. The van der Waals surface area contributed by atoms with Gasteiger partial charge in [-0.1, -0.05) is 6.92 Å². The molecule has 13 nitrogen and oxygen atoms in total. The fourth-order valence-electron chi connectivity index (χ4n) is 6.52. The Labute approximate surface area is 268 Å². The van der Waals surface area contributed by atoms with Gasteiger partial charge in [-0.2, -0.15) is 5.10 Å². The zero-order chi connectivity index (χ0) is 32.2. The number of amides is 2. The monoisotopic (exact) mass is 630 g/mol. The molecule has 2 aliphatic rings. The van der Waals surface area contributed by atoms with E-state index in [2.05, 4.69) is 38.2 Å². The van der Waals surface area contributed by atoms with Gasteiger partial charge in [-0.15, -0.1) is 0 Å². The number of hydrogen-bond donors (Lipinski definition) is 1. The minimum atomic E-state index is -0.208. The third-order valence-corrected chi connectivity index (χ3v) is 9.01. The number of aromatic nitrogens is 4. The largest absolute Gasteiger partial charge is 0.493 e. The van der Waals surface area contributed by atoms with Crippen LogP contribution in [0, 0.1) is 5.92 Å². The topological polar surface area (TPSA) is 127 Å². The maximum absolute atomic E-state index is 13.9. The van der Waals surface area contributed by atoms with E-state index in [1.165, 1.54) is 0 Å². The number of carbonyl (C=O) groups is 2. The zero-order valence-electron chi connectivity index (χ0n) is 27.0. The Kier molecular flexibility index (Phi) is 9.38. The van der Waals surface area contributed by atoms with Gasteiger partial charge in [0.1, 0.15) is 5.82 Å². The molecular formula is C33H42N8O5. The van der Waals surface area contributed by atoms with Crippen LogP contribution in [0.1, 0.15) is 42.2 Å². The van der Waals surface area contributed by atoms with Crippen LogP contribution in [0.15, 0.2) is 36.7 Å². The number of piperidine rings is 1. The summed E-state index contributed by atoms with van der Waals surface area (Å²) in [5.74, 6) is 2.56. The van der Waals surface area contributed by atoms with E-state index in [4.69, 9.17) is 19.2 Å². The molecule has 1 N–H and O–H groups in total. The van der Waals surface area contributed by atoms with E-state index in [1.807, 2.05) is 12.1 Å². The van der Waals surface area contributed by atoms with Gasteiger partial charge in [0.2, 0.25) is 11.7 Å².